The van der Waals surface area contributed by atoms with E-state index in [1.807, 2.05) is 0 Å². The fourth-order valence-electron chi connectivity index (χ4n) is 5.40. The van der Waals surface area contributed by atoms with Crippen molar-refractivity contribution in [3.05, 3.63) is 36.5 Å². The van der Waals surface area contributed by atoms with Crippen LogP contribution in [0.1, 0.15) is 174 Å². The van der Waals surface area contributed by atoms with Crippen LogP contribution >= 0.6 is 7.82 Å². The fraction of sp³-hybridized carbons (Fsp3) is 0.780. The minimum absolute atomic E-state index is 0.129. The normalized spacial score (nSPS) is 14.2. The standard InChI is InChI=1S/C41H74NO10P/c1-3-5-7-9-11-13-15-17-19-20-22-24-26-28-30-32-39(44)42-38(41(46)47)36-52-53(48,49)51-35-37(43)34-50-40(45)33-31-29-27-25-23-21-18-16-14-12-10-8-6-4-2/h11,13,16-19,37-38,43H,3-10,12,14-15,20-36H2,1-2H3,(H,42,44)(H,46,47)(H,48,49)/b13-11-,18-16-,19-17-. The Bertz CT molecular complexity index is 1050. The molecule has 0 bridgehead atoms. The summed E-state index contributed by atoms with van der Waals surface area (Å²) in [6, 6.07) is -1.55. The number of carbonyl (C=O) groups excluding carboxylic acids is 2. The molecule has 0 aromatic rings. The van der Waals surface area contributed by atoms with Gasteiger partial charge >= 0.3 is 19.8 Å². The Hall–Kier alpha value is -2.30. The summed E-state index contributed by atoms with van der Waals surface area (Å²) < 4.78 is 26.8. The van der Waals surface area contributed by atoms with E-state index in [4.69, 9.17) is 13.8 Å². The molecule has 308 valence electrons. The molecule has 0 aliphatic rings. The second-order valence-electron chi connectivity index (χ2n) is 13.8. The Morgan fingerprint density at radius 2 is 1.04 bits per heavy atom. The van der Waals surface area contributed by atoms with Crippen molar-refractivity contribution in [3.8, 4) is 0 Å². The lowest BCUT2D eigenvalue weighted by Gasteiger charge is -2.18. The highest BCUT2D eigenvalue weighted by molar-refractivity contribution is 7.47. The van der Waals surface area contributed by atoms with Gasteiger partial charge < -0.3 is 25.2 Å². The number of carboxylic acid groups (broad SMARTS) is 1. The number of phosphoric acid groups is 1. The lowest BCUT2D eigenvalue weighted by molar-refractivity contribution is -0.147. The third-order valence-electron chi connectivity index (χ3n) is 8.65. The molecule has 0 spiro atoms. The summed E-state index contributed by atoms with van der Waals surface area (Å²) in [5.74, 6) is -2.40. The Morgan fingerprint density at radius 3 is 1.58 bits per heavy atom. The Labute approximate surface area is 321 Å². The van der Waals surface area contributed by atoms with Crippen molar-refractivity contribution in [1.82, 2.24) is 5.32 Å². The minimum atomic E-state index is -4.76. The van der Waals surface area contributed by atoms with Gasteiger partial charge in [0.15, 0.2) is 6.04 Å². The van der Waals surface area contributed by atoms with Crippen LogP contribution in [-0.2, 0) is 32.7 Å². The Morgan fingerprint density at radius 1 is 0.604 bits per heavy atom. The summed E-state index contributed by atoms with van der Waals surface area (Å²) >= 11 is 0. The lowest BCUT2D eigenvalue weighted by Crippen LogP contribution is -2.43. The van der Waals surface area contributed by atoms with Crippen molar-refractivity contribution in [2.75, 3.05) is 19.8 Å². The van der Waals surface area contributed by atoms with Gasteiger partial charge in [-0.3, -0.25) is 18.6 Å². The van der Waals surface area contributed by atoms with E-state index >= 15 is 0 Å². The number of carboxylic acids is 1. The van der Waals surface area contributed by atoms with Gasteiger partial charge in [-0.1, -0.05) is 127 Å². The molecule has 0 aliphatic heterocycles. The number of amides is 1. The quantitative estimate of drug-likeness (QED) is 0.0205. The predicted molar refractivity (Wildman–Crippen MR) is 212 cm³/mol. The molecule has 1 amide bonds. The zero-order valence-electron chi connectivity index (χ0n) is 33.1. The fourth-order valence-corrected chi connectivity index (χ4v) is 6.17. The van der Waals surface area contributed by atoms with E-state index in [2.05, 4.69) is 55.6 Å². The first-order valence-corrected chi connectivity index (χ1v) is 22.0. The maximum atomic E-state index is 12.3. The first-order chi connectivity index (χ1) is 25.6. The Kier molecular flexibility index (Phi) is 35.1. The van der Waals surface area contributed by atoms with Gasteiger partial charge in [-0.05, 0) is 70.6 Å². The summed E-state index contributed by atoms with van der Waals surface area (Å²) in [5.41, 5.74) is 0. The van der Waals surface area contributed by atoms with Crippen molar-refractivity contribution >= 4 is 25.7 Å². The van der Waals surface area contributed by atoms with Gasteiger partial charge in [0.25, 0.3) is 0 Å². The molecular formula is C41H74NO10P. The number of hydrogen-bond acceptors (Lipinski definition) is 8. The second kappa shape index (κ2) is 36.7. The molecule has 0 fully saturated rings. The van der Waals surface area contributed by atoms with Crippen LogP contribution in [0.25, 0.3) is 0 Å². The number of rotatable bonds is 38. The van der Waals surface area contributed by atoms with Crippen molar-refractivity contribution in [1.29, 1.82) is 0 Å². The van der Waals surface area contributed by atoms with Gasteiger partial charge in [0.1, 0.15) is 12.7 Å². The summed E-state index contributed by atoms with van der Waals surface area (Å²) in [4.78, 5) is 45.8. The highest BCUT2D eigenvalue weighted by atomic mass is 31.2. The van der Waals surface area contributed by atoms with E-state index in [1.165, 1.54) is 51.4 Å². The molecule has 0 saturated heterocycles. The molecule has 0 aliphatic carbocycles. The molecule has 53 heavy (non-hydrogen) atoms. The zero-order chi connectivity index (χ0) is 39.3. The minimum Gasteiger partial charge on any atom is -0.480 e. The molecule has 0 radical (unpaired) electrons. The topological polar surface area (TPSA) is 169 Å². The third-order valence-corrected chi connectivity index (χ3v) is 9.60. The third kappa shape index (κ3) is 36.4. The average Bonchev–Trinajstić information content (AvgIpc) is 3.13. The highest BCUT2D eigenvalue weighted by Crippen LogP contribution is 2.43. The first kappa shape index (κ1) is 50.7. The van der Waals surface area contributed by atoms with Gasteiger partial charge in [0.2, 0.25) is 5.91 Å². The monoisotopic (exact) mass is 772 g/mol. The number of esters is 1. The maximum Gasteiger partial charge on any atom is 0.472 e. The highest BCUT2D eigenvalue weighted by Gasteiger charge is 2.28. The van der Waals surface area contributed by atoms with Crippen LogP contribution in [0.15, 0.2) is 36.5 Å². The summed E-state index contributed by atoms with van der Waals surface area (Å²) in [6.07, 6.45) is 37.4. The molecular weight excluding hydrogens is 697 g/mol. The van der Waals surface area contributed by atoms with E-state index in [-0.39, 0.29) is 12.8 Å². The second-order valence-corrected chi connectivity index (χ2v) is 15.3. The number of carbonyl (C=O) groups is 3. The first-order valence-electron chi connectivity index (χ1n) is 20.5. The molecule has 0 aromatic heterocycles. The molecule has 0 rings (SSSR count). The van der Waals surface area contributed by atoms with Crippen molar-refractivity contribution in [3.63, 3.8) is 0 Å². The lowest BCUT2D eigenvalue weighted by atomic mass is 10.1. The van der Waals surface area contributed by atoms with Crippen LogP contribution in [0.3, 0.4) is 0 Å². The summed E-state index contributed by atoms with van der Waals surface area (Å²) in [5, 5.41) is 21.8. The Balaban J connectivity index is 3.97. The van der Waals surface area contributed by atoms with Crippen LogP contribution in [-0.4, -0.2) is 64.9 Å². The van der Waals surface area contributed by atoms with Crippen LogP contribution in [0.2, 0.25) is 0 Å². The number of allylic oxidation sites excluding steroid dienone is 6. The van der Waals surface area contributed by atoms with Crippen molar-refractivity contribution in [2.24, 2.45) is 0 Å². The predicted octanol–water partition coefficient (Wildman–Crippen LogP) is 10.1. The average molecular weight is 772 g/mol. The van der Waals surface area contributed by atoms with Gasteiger partial charge in [-0.25, -0.2) is 9.36 Å². The number of unbranched alkanes of at least 4 members (excludes halogenated alkanes) is 18. The van der Waals surface area contributed by atoms with E-state index < -0.39 is 57.6 Å². The number of aliphatic hydroxyl groups excluding tert-OH is 1. The van der Waals surface area contributed by atoms with E-state index in [0.29, 0.717) is 12.8 Å². The molecule has 0 saturated carbocycles. The molecule has 3 unspecified atom stereocenters. The van der Waals surface area contributed by atoms with Crippen molar-refractivity contribution < 1.29 is 47.8 Å². The van der Waals surface area contributed by atoms with E-state index in [0.717, 1.165) is 83.5 Å². The van der Waals surface area contributed by atoms with Gasteiger partial charge in [-0.15, -0.1) is 0 Å². The number of phosphoric ester groups is 1. The molecule has 3 atom stereocenters. The molecule has 4 N–H and O–H groups in total. The summed E-state index contributed by atoms with van der Waals surface area (Å²) in [7, 11) is -4.76. The number of aliphatic hydroxyl groups is 1. The zero-order valence-corrected chi connectivity index (χ0v) is 34.0. The molecule has 0 heterocycles. The van der Waals surface area contributed by atoms with Gasteiger partial charge in [-0.2, -0.15) is 0 Å². The van der Waals surface area contributed by atoms with E-state index in [9.17, 15) is 34.1 Å². The summed E-state index contributed by atoms with van der Waals surface area (Å²) in [6.45, 7) is 2.52. The largest absolute Gasteiger partial charge is 0.480 e. The van der Waals surface area contributed by atoms with Crippen LogP contribution < -0.4 is 5.32 Å². The number of nitrogens with one attached hydrogen (secondary N) is 1. The molecule has 12 heteroatoms. The van der Waals surface area contributed by atoms with Crippen LogP contribution in [0, 0.1) is 0 Å². The van der Waals surface area contributed by atoms with E-state index in [1.54, 1.807) is 0 Å². The maximum absolute atomic E-state index is 12.3. The van der Waals surface area contributed by atoms with Crippen LogP contribution in [0.5, 0.6) is 0 Å². The van der Waals surface area contributed by atoms with Crippen LogP contribution in [0.4, 0.5) is 0 Å². The molecule has 11 nitrogen and oxygen atoms in total. The van der Waals surface area contributed by atoms with Gasteiger partial charge in [0.05, 0.1) is 13.2 Å². The van der Waals surface area contributed by atoms with Gasteiger partial charge in [0, 0.05) is 12.8 Å². The SMILES string of the molecule is CCCCC/C=C\C/C=C\CCCCCCCC(=O)NC(COP(=O)(O)OCC(O)COC(=O)CCCCCCC/C=C\CCCCCCC)C(=O)O. The van der Waals surface area contributed by atoms with Crippen molar-refractivity contribution in [2.45, 2.75) is 187 Å². The smallest absolute Gasteiger partial charge is 0.472 e. The number of ether oxygens (including phenoxy) is 1. The molecule has 0 aromatic carbocycles. The number of aliphatic carboxylic acids is 1. The number of hydrogen-bond donors (Lipinski definition) is 4.